The standard InChI is InChI=1S/C12H21N3O3S/c1-10-7-12(14-18-10)9-19(16,17)15-6-2-3-11(8-15)4-5-13/h7,11H,2-6,8-9,13H2,1H3. The van der Waals surface area contributed by atoms with Gasteiger partial charge in [0.1, 0.15) is 17.2 Å². The molecule has 1 unspecified atom stereocenters. The van der Waals surface area contributed by atoms with E-state index in [9.17, 15) is 8.42 Å². The van der Waals surface area contributed by atoms with Gasteiger partial charge in [-0.3, -0.25) is 0 Å². The molecule has 0 aliphatic carbocycles. The lowest BCUT2D eigenvalue weighted by Crippen LogP contribution is -2.41. The maximum Gasteiger partial charge on any atom is 0.219 e. The van der Waals surface area contributed by atoms with Crippen LogP contribution in [0.3, 0.4) is 0 Å². The Morgan fingerprint density at radius 1 is 1.58 bits per heavy atom. The first-order valence-corrected chi connectivity index (χ1v) is 8.22. The van der Waals surface area contributed by atoms with Crippen LogP contribution in [0.1, 0.15) is 30.7 Å². The fraction of sp³-hybridized carbons (Fsp3) is 0.750. The number of piperidine rings is 1. The van der Waals surface area contributed by atoms with Gasteiger partial charge in [0.05, 0.1) is 0 Å². The van der Waals surface area contributed by atoms with Gasteiger partial charge in [0.2, 0.25) is 10.0 Å². The van der Waals surface area contributed by atoms with Crippen molar-refractivity contribution in [3.8, 4) is 0 Å². The molecule has 7 heteroatoms. The third kappa shape index (κ3) is 3.77. The van der Waals surface area contributed by atoms with E-state index in [0.717, 1.165) is 19.3 Å². The number of aromatic nitrogens is 1. The number of aryl methyl sites for hydroxylation is 1. The van der Waals surface area contributed by atoms with Crippen molar-refractivity contribution in [2.24, 2.45) is 11.7 Å². The van der Waals surface area contributed by atoms with Crippen LogP contribution in [-0.4, -0.2) is 37.5 Å². The van der Waals surface area contributed by atoms with Gasteiger partial charge in [-0.25, -0.2) is 12.7 Å². The van der Waals surface area contributed by atoms with Crippen molar-refractivity contribution >= 4 is 10.0 Å². The van der Waals surface area contributed by atoms with Crippen molar-refractivity contribution in [2.45, 2.75) is 31.9 Å². The minimum Gasteiger partial charge on any atom is -0.361 e. The van der Waals surface area contributed by atoms with Crippen molar-refractivity contribution in [3.63, 3.8) is 0 Å². The average Bonchev–Trinajstić information content (AvgIpc) is 2.75. The van der Waals surface area contributed by atoms with Crippen LogP contribution in [0.4, 0.5) is 0 Å². The summed E-state index contributed by atoms with van der Waals surface area (Å²) in [5.41, 5.74) is 6.02. The predicted octanol–water partition coefficient (Wildman–Crippen LogP) is 0.874. The Labute approximate surface area is 114 Å². The van der Waals surface area contributed by atoms with Crippen LogP contribution < -0.4 is 5.73 Å². The highest BCUT2D eigenvalue weighted by Crippen LogP contribution is 2.23. The molecule has 1 atom stereocenters. The summed E-state index contributed by atoms with van der Waals surface area (Å²) in [4.78, 5) is 0. The highest BCUT2D eigenvalue weighted by molar-refractivity contribution is 7.88. The first-order valence-electron chi connectivity index (χ1n) is 6.61. The van der Waals surface area contributed by atoms with E-state index in [1.807, 2.05) is 0 Å². The zero-order valence-corrected chi connectivity index (χ0v) is 12.0. The van der Waals surface area contributed by atoms with E-state index in [4.69, 9.17) is 10.3 Å². The van der Waals surface area contributed by atoms with Gasteiger partial charge in [0.25, 0.3) is 0 Å². The Morgan fingerprint density at radius 2 is 2.37 bits per heavy atom. The van der Waals surface area contributed by atoms with E-state index in [1.54, 1.807) is 17.3 Å². The third-order valence-electron chi connectivity index (χ3n) is 3.46. The second kappa shape index (κ2) is 6.02. The molecule has 0 saturated carbocycles. The Balaban J connectivity index is 2.02. The second-order valence-electron chi connectivity index (χ2n) is 5.13. The Kier molecular flexibility index (Phi) is 4.59. The molecule has 1 aliphatic rings. The first kappa shape index (κ1) is 14.5. The van der Waals surface area contributed by atoms with Gasteiger partial charge in [-0.1, -0.05) is 5.16 Å². The van der Waals surface area contributed by atoms with Crippen LogP contribution in [0, 0.1) is 12.8 Å². The molecule has 2 N–H and O–H groups in total. The van der Waals surface area contributed by atoms with Gasteiger partial charge in [0, 0.05) is 19.2 Å². The zero-order valence-electron chi connectivity index (χ0n) is 11.2. The van der Waals surface area contributed by atoms with Crippen LogP contribution in [0.2, 0.25) is 0 Å². The number of sulfonamides is 1. The van der Waals surface area contributed by atoms with Gasteiger partial charge < -0.3 is 10.3 Å². The minimum absolute atomic E-state index is 0.0836. The largest absolute Gasteiger partial charge is 0.361 e. The summed E-state index contributed by atoms with van der Waals surface area (Å²) in [6.07, 6.45) is 2.85. The van der Waals surface area contributed by atoms with E-state index in [-0.39, 0.29) is 5.75 Å². The molecule has 2 heterocycles. The summed E-state index contributed by atoms with van der Waals surface area (Å²) in [7, 11) is -3.30. The van der Waals surface area contributed by atoms with Gasteiger partial charge in [0.15, 0.2) is 0 Å². The molecule has 0 spiro atoms. The van der Waals surface area contributed by atoms with Gasteiger partial charge in [-0.05, 0) is 38.6 Å². The number of hydrogen-bond acceptors (Lipinski definition) is 5. The van der Waals surface area contributed by atoms with Gasteiger partial charge in [-0.15, -0.1) is 0 Å². The molecule has 19 heavy (non-hydrogen) atoms. The van der Waals surface area contributed by atoms with Crippen LogP contribution in [-0.2, 0) is 15.8 Å². The van der Waals surface area contributed by atoms with E-state index in [0.29, 0.717) is 37.0 Å². The lowest BCUT2D eigenvalue weighted by Gasteiger charge is -2.31. The van der Waals surface area contributed by atoms with Crippen molar-refractivity contribution in [1.82, 2.24) is 9.46 Å². The fourth-order valence-corrected chi connectivity index (χ4v) is 4.05. The molecule has 0 bridgehead atoms. The molecule has 1 aromatic rings. The van der Waals surface area contributed by atoms with Crippen LogP contribution in [0.15, 0.2) is 10.6 Å². The fourth-order valence-electron chi connectivity index (χ4n) is 2.51. The van der Waals surface area contributed by atoms with Crippen LogP contribution in [0.5, 0.6) is 0 Å². The smallest absolute Gasteiger partial charge is 0.219 e. The summed E-state index contributed by atoms with van der Waals surface area (Å²) in [6, 6.07) is 1.67. The second-order valence-corrected chi connectivity index (χ2v) is 7.10. The Morgan fingerprint density at radius 3 is 3.00 bits per heavy atom. The summed E-state index contributed by atoms with van der Waals surface area (Å²) in [5, 5.41) is 3.75. The average molecular weight is 287 g/mol. The van der Waals surface area contributed by atoms with Gasteiger partial charge in [-0.2, -0.15) is 0 Å². The Bertz CT molecular complexity index is 510. The molecule has 1 aliphatic heterocycles. The number of nitrogens with zero attached hydrogens (tertiary/aromatic N) is 2. The minimum atomic E-state index is -3.30. The lowest BCUT2D eigenvalue weighted by molar-refractivity contribution is 0.257. The quantitative estimate of drug-likeness (QED) is 0.868. The summed E-state index contributed by atoms with van der Waals surface area (Å²) >= 11 is 0. The Hall–Kier alpha value is -0.920. The maximum atomic E-state index is 12.3. The molecule has 0 amide bonds. The number of nitrogens with two attached hydrogens (primary N) is 1. The molecule has 0 radical (unpaired) electrons. The van der Waals surface area contributed by atoms with Crippen molar-refractivity contribution in [3.05, 3.63) is 17.5 Å². The summed E-state index contributed by atoms with van der Waals surface area (Å²) in [6.45, 7) is 3.54. The number of hydrogen-bond donors (Lipinski definition) is 1. The highest BCUT2D eigenvalue weighted by Gasteiger charge is 2.29. The summed E-state index contributed by atoms with van der Waals surface area (Å²) in [5.74, 6) is 0.928. The highest BCUT2D eigenvalue weighted by atomic mass is 32.2. The van der Waals surface area contributed by atoms with Crippen LogP contribution in [0.25, 0.3) is 0 Å². The molecular formula is C12H21N3O3S. The van der Waals surface area contributed by atoms with E-state index in [1.165, 1.54) is 0 Å². The van der Waals surface area contributed by atoms with Gasteiger partial charge >= 0.3 is 0 Å². The first-order chi connectivity index (χ1) is 9.01. The molecule has 6 nitrogen and oxygen atoms in total. The predicted molar refractivity (Wildman–Crippen MR) is 71.8 cm³/mol. The number of rotatable bonds is 5. The van der Waals surface area contributed by atoms with E-state index >= 15 is 0 Å². The molecule has 1 fully saturated rings. The SMILES string of the molecule is Cc1cc(CS(=O)(=O)N2CCCC(CCN)C2)no1. The molecule has 2 rings (SSSR count). The van der Waals surface area contributed by atoms with Crippen molar-refractivity contribution < 1.29 is 12.9 Å². The monoisotopic (exact) mass is 287 g/mol. The molecule has 1 aromatic heterocycles. The molecular weight excluding hydrogens is 266 g/mol. The van der Waals surface area contributed by atoms with Crippen LogP contribution >= 0.6 is 0 Å². The van der Waals surface area contributed by atoms with Crippen molar-refractivity contribution in [2.75, 3.05) is 19.6 Å². The lowest BCUT2D eigenvalue weighted by atomic mass is 9.96. The third-order valence-corrected chi connectivity index (χ3v) is 5.24. The van der Waals surface area contributed by atoms with E-state index in [2.05, 4.69) is 5.16 Å². The molecule has 1 saturated heterocycles. The maximum absolute atomic E-state index is 12.3. The normalized spacial score (nSPS) is 21.7. The molecule has 0 aromatic carbocycles. The topological polar surface area (TPSA) is 89.4 Å². The molecule has 108 valence electrons. The zero-order chi connectivity index (χ0) is 13.9. The summed E-state index contributed by atoms with van der Waals surface area (Å²) < 4.78 is 31.1. The van der Waals surface area contributed by atoms with E-state index < -0.39 is 10.0 Å². The van der Waals surface area contributed by atoms with Crippen molar-refractivity contribution in [1.29, 1.82) is 0 Å².